The Kier molecular flexibility index (Phi) is 5.69. The molecule has 0 aromatic heterocycles. The highest BCUT2D eigenvalue weighted by Crippen LogP contribution is 2.48. The van der Waals surface area contributed by atoms with Crippen molar-refractivity contribution in [3.63, 3.8) is 0 Å². The first kappa shape index (κ1) is 20.0. The summed E-state index contributed by atoms with van der Waals surface area (Å²) in [5.41, 5.74) is 5.69. The summed E-state index contributed by atoms with van der Waals surface area (Å²) in [5.74, 6) is 1.22. The maximum Gasteiger partial charge on any atom is 0.132 e. The number of hydrogen-bond acceptors (Lipinski definition) is 3. The first-order chi connectivity index (χ1) is 14.0. The van der Waals surface area contributed by atoms with Crippen molar-refractivity contribution in [2.24, 2.45) is 0 Å². The quantitative estimate of drug-likeness (QED) is 0.617. The van der Waals surface area contributed by atoms with Crippen LogP contribution in [0.5, 0.6) is 11.5 Å². The number of hydrogen-bond donors (Lipinski definition) is 1. The van der Waals surface area contributed by atoms with Gasteiger partial charge in [-0.05, 0) is 67.5 Å². The molecule has 0 saturated carbocycles. The van der Waals surface area contributed by atoms with Crippen LogP contribution >= 0.6 is 0 Å². The smallest absolute Gasteiger partial charge is 0.132 e. The van der Waals surface area contributed by atoms with Crippen molar-refractivity contribution < 1.29 is 9.84 Å². The molecule has 2 aromatic carbocycles. The van der Waals surface area contributed by atoms with Crippen LogP contribution in [0.15, 0.2) is 48.0 Å². The Morgan fingerprint density at radius 1 is 1.07 bits per heavy atom. The van der Waals surface area contributed by atoms with Gasteiger partial charge in [0.05, 0.1) is 5.56 Å². The first-order valence-corrected chi connectivity index (χ1v) is 11.0. The maximum atomic E-state index is 10.9. The van der Waals surface area contributed by atoms with Crippen molar-refractivity contribution in [2.75, 3.05) is 13.1 Å². The third-order valence-corrected chi connectivity index (χ3v) is 6.28. The monoisotopic (exact) mass is 391 g/mol. The van der Waals surface area contributed by atoms with E-state index in [9.17, 15) is 5.11 Å². The molecule has 0 radical (unpaired) electrons. The van der Waals surface area contributed by atoms with E-state index in [4.69, 9.17) is 4.74 Å². The molecule has 0 aliphatic carbocycles. The number of rotatable bonds is 6. The summed E-state index contributed by atoms with van der Waals surface area (Å²) in [5, 5.41) is 10.9. The number of unbranched alkanes of at least 4 members (excludes halogenated alkanes) is 2. The molecular formula is C26H33NO2. The Morgan fingerprint density at radius 3 is 2.62 bits per heavy atom. The van der Waals surface area contributed by atoms with E-state index in [1.54, 1.807) is 0 Å². The van der Waals surface area contributed by atoms with E-state index in [2.05, 4.69) is 62.1 Å². The molecule has 0 spiro atoms. The highest BCUT2D eigenvalue weighted by Gasteiger charge is 2.38. The van der Waals surface area contributed by atoms with Crippen LogP contribution in [-0.4, -0.2) is 28.7 Å². The molecule has 0 atom stereocenters. The summed E-state index contributed by atoms with van der Waals surface area (Å²) in [7, 11) is 0. The zero-order valence-electron chi connectivity index (χ0n) is 18.0. The third-order valence-electron chi connectivity index (χ3n) is 6.28. The average Bonchev–Trinajstić information content (AvgIpc) is 2.68. The lowest BCUT2D eigenvalue weighted by atomic mass is 9.81. The number of fused-ring (bicyclic) bond motifs is 2. The number of aryl methyl sites for hydroxylation is 1. The highest BCUT2D eigenvalue weighted by molar-refractivity contribution is 5.82. The average molecular weight is 392 g/mol. The van der Waals surface area contributed by atoms with Gasteiger partial charge in [0.25, 0.3) is 0 Å². The van der Waals surface area contributed by atoms with Crippen LogP contribution in [0.1, 0.15) is 63.1 Å². The standard InChI is InChI=1S/C26H33NO2/c1-4-5-7-12-20-15-23(28)25-21-18-27(17-19-10-8-6-9-11-19)14-13-22(21)26(2,3)29-24(25)16-20/h6,8-11,15-16,28H,4-5,7,12-14,17-18H2,1-3H3. The van der Waals surface area contributed by atoms with E-state index in [0.29, 0.717) is 5.75 Å². The largest absolute Gasteiger partial charge is 0.507 e. The third kappa shape index (κ3) is 4.20. The van der Waals surface area contributed by atoms with Crippen LogP contribution < -0.4 is 4.74 Å². The number of ether oxygens (including phenoxy) is 1. The Hall–Kier alpha value is -2.26. The molecular weight excluding hydrogens is 358 g/mol. The molecule has 2 aromatic rings. The lowest BCUT2D eigenvalue weighted by molar-refractivity contribution is 0.129. The second-order valence-corrected chi connectivity index (χ2v) is 8.96. The highest BCUT2D eigenvalue weighted by atomic mass is 16.5. The van der Waals surface area contributed by atoms with Crippen LogP contribution in [0.4, 0.5) is 0 Å². The van der Waals surface area contributed by atoms with Crippen molar-refractivity contribution in [2.45, 2.75) is 65.0 Å². The van der Waals surface area contributed by atoms with Crippen molar-refractivity contribution in [1.82, 2.24) is 4.90 Å². The predicted octanol–water partition coefficient (Wildman–Crippen LogP) is 5.96. The Labute approximate surface area is 175 Å². The fourth-order valence-corrected chi connectivity index (χ4v) is 4.79. The van der Waals surface area contributed by atoms with Crippen LogP contribution in [0, 0.1) is 0 Å². The lowest BCUT2D eigenvalue weighted by Gasteiger charge is -2.42. The number of phenols is 1. The first-order valence-electron chi connectivity index (χ1n) is 11.0. The fourth-order valence-electron chi connectivity index (χ4n) is 4.79. The zero-order chi connectivity index (χ0) is 20.4. The minimum Gasteiger partial charge on any atom is -0.507 e. The van der Waals surface area contributed by atoms with E-state index in [1.807, 2.05) is 6.07 Å². The predicted molar refractivity (Wildman–Crippen MR) is 119 cm³/mol. The number of phenolic OH excluding ortho intramolecular Hbond substituents is 1. The topological polar surface area (TPSA) is 32.7 Å². The molecule has 2 aliphatic rings. The molecule has 0 unspecified atom stereocenters. The van der Waals surface area contributed by atoms with Gasteiger partial charge in [-0.1, -0.05) is 50.1 Å². The van der Waals surface area contributed by atoms with Gasteiger partial charge in [-0.2, -0.15) is 0 Å². The van der Waals surface area contributed by atoms with Gasteiger partial charge in [0.1, 0.15) is 17.1 Å². The van der Waals surface area contributed by atoms with Crippen LogP contribution in [0.2, 0.25) is 0 Å². The second-order valence-electron chi connectivity index (χ2n) is 8.96. The molecule has 29 heavy (non-hydrogen) atoms. The number of aromatic hydroxyl groups is 1. The second kappa shape index (κ2) is 8.23. The van der Waals surface area contributed by atoms with Crippen molar-refractivity contribution in [3.8, 4) is 11.5 Å². The Balaban J connectivity index is 1.64. The van der Waals surface area contributed by atoms with Gasteiger partial charge < -0.3 is 9.84 Å². The van der Waals surface area contributed by atoms with Gasteiger partial charge in [0.15, 0.2) is 0 Å². The van der Waals surface area contributed by atoms with Gasteiger partial charge in [0, 0.05) is 19.6 Å². The molecule has 2 heterocycles. The van der Waals surface area contributed by atoms with E-state index in [-0.39, 0.29) is 5.60 Å². The van der Waals surface area contributed by atoms with Crippen LogP contribution in [0.3, 0.4) is 0 Å². The molecule has 0 bridgehead atoms. The fraction of sp³-hybridized carbons (Fsp3) is 0.462. The van der Waals surface area contributed by atoms with Gasteiger partial charge in [-0.3, -0.25) is 4.90 Å². The molecule has 0 saturated heterocycles. The summed E-state index contributed by atoms with van der Waals surface area (Å²) >= 11 is 0. The molecule has 3 heteroatoms. The minimum absolute atomic E-state index is 0.324. The van der Waals surface area contributed by atoms with Crippen LogP contribution in [0.25, 0.3) is 5.57 Å². The molecule has 3 nitrogen and oxygen atoms in total. The van der Waals surface area contributed by atoms with E-state index in [0.717, 1.165) is 50.2 Å². The van der Waals surface area contributed by atoms with Gasteiger partial charge >= 0.3 is 0 Å². The Bertz CT molecular complexity index is 898. The van der Waals surface area contributed by atoms with E-state index >= 15 is 0 Å². The maximum absolute atomic E-state index is 10.9. The minimum atomic E-state index is -0.324. The molecule has 1 N–H and O–H groups in total. The summed E-state index contributed by atoms with van der Waals surface area (Å²) in [6.45, 7) is 9.36. The van der Waals surface area contributed by atoms with Gasteiger partial charge in [0.2, 0.25) is 0 Å². The SMILES string of the molecule is CCCCCc1cc(O)c2c(c1)OC(C)(C)C1=C2CN(Cc2ccccc2)CC1. The van der Waals surface area contributed by atoms with Crippen molar-refractivity contribution in [3.05, 3.63) is 64.7 Å². The Morgan fingerprint density at radius 2 is 1.86 bits per heavy atom. The summed E-state index contributed by atoms with van der Waals surface area (Å²) in [6.07, 6.45) is 5.54. The van der Waals surface area contributed by atoms with Crippen molar-refractivity contribution >= 4 is 5.57 Å². The van der Waals surface area contributed by atoms with E-state index < -0.39 is 0 Å². The summed E-state index contributed by atoms with van der Waals surface area (Å²) in [4.78, 5) is 2.48. The number of benzene rings is 2. The van der Waals surface area contributed by atoms with Gasteiger partial charge in [-0.15, -0.1) is 0 Å². The lowest BCUT2D eigenvalue weighted by Crippen LogP contribution is -2.42. The molecule has 2 aliphatic heterocycles. The van der Waals surface area contributed by atoms with Crippen molar-refractivity contribution in [1.29, 1.82) is 0 Å². The molecule has 154 valence electrons. The summed E-state index contributed by atoms with van der Waals surface area (Å²) in [6, 6.07) is 14.8. The normalized spacial score (nSPS) is 18.2. The molecule has 0 amide bonds. The van der Waals surface area contributed by atoms with Crippen LogP contribution in [-0.2, 0) is 13.0 Å². The molecule has 4 rings (SSSR count). The number of nitrogens with zero attached hydrogens (tertiary/aromatic N) is 1. The molecule has 0 fully saturated rings. The summed E-state index contributed by atoms with van der Waals surface area (Å²) < 4.78 is 6.43. The zero-order valence-corrected chi connectivity index (χ0v) is 18.0. The van der Waals surface area contributed by atoms with Gasteiger partial charge in [-0.25, -0.2) is 0 Å². The van der Waals surface area contributed by atoms with E-state index in [1.165, 1.54) is 35.1 Å².